The van der Waals surface area contributed by atoms with Gasteiger partial charge in [0.1, 0.15) is 11.4 Å². The molecule has 2 aromatic carbocycles. The molecule has 1 saturated carbocycles. The monoisotopic (exact) mass is 407 g/mol. The van der Waals surface area contributed by atoms with Gasteiger partial charge in [-0.2, -0.15) is 0 Å². The summed E-state index contributed by atoms with van der Waals surface area (Å²) in [6, 6.07) is 13.2. The molecule has 0 aliphatic heterocycles. The summed E-state index contributed by atoms with van der Waals surface area (Å²) in [5, 5.41) is 0.509. The molecule has 0 bridgehead atoms. The lowest BCUT2D eigenvalue weighted by atomic mass is 10.0. The normalized spacial score (nSPS) is 14.3. The summed E-state index contributed by atoms with van der Waals surface area (Å²) < 4.78 is 18.9. The predicted molar refractivity (Wildman–Crippen MR) is 114 cm³/mol. The number of fused-ring (bicyclic) bond motifs is 1. The number of carbonyl (C=O) groups excluding carboxylic acids is 1. The van der Waals surface area contributed by atoms with Gasteiger partial charge in [0.25, 0.3) is 0 Å². The van der Waals surface area contributed by atoms with Crippen LogP contribution >= 0.6 is 0 Å². The molecule has 0 saturated heterocycles. The summed E-state index contributed by atoms with van der Waals surface area (Å²) in [7, 11) is 0. The fourth-order valence-electron chi connectivity index (χ4n) is 4.26. The first-order valence-corrected chi connectivity index (χ1v) is 10.6. The highest BCUT2D eigenvalue weighted by molar-refractivity contribution is 5.78. The number of hydrogen-bond donors (Lipinski definition) is 0. The number of para-hydroxylation sites is 1. The Kier molecular flexibility index (Phi) is 6.26. The Hall–Kier alpha value is -2.95. The highest BCUT2D eigenvalue weighted by Crippen LogP contribution is 2.29. The van der Waals surface area contributed by atoms with Crippen molar-refractivity contribution in [2.45, 2.75) is 51.6 Å². The molecule has 4 nitrogen and oxygen atoms in total. The van der Waals surface area contributed by atoms with Crippen molar-refractivity contribution in [1.29, 1.82) is 0 Å². The third kappa shape index (κ3) is 4.78. The number of amides is 1. The van der Waals surface area contributed by atoms with Crippen LogP contribution in [0.15, 0.2) is 64.0 Å². The van der Waals surface area contributed by atoms with E-state index in [-0.39, 0.29) is 23.7 Å². The van der Waals surface area contributed by atoms with E-state index < -0.39 is 0 Å². The molecule has 5 heteroatoms. The summed E-state index contributed by atoms with van der Waals surface area (Å²) in [4.78, 5) is 27.7. The van der Waals surface area contributed by atoms with Gasteiger partial charge in [0.15, 0.2) is 5.43 Å². The van der Waals surface area contributed by atoms with E-state index in [4.69, 9.17) is 4.42 Å². The first kappa shape index (κ1) is 20.3. The zero-order valence-electron chi connectivity index (χ0n) is 17.0. The minimum absolute atomic E-state index is 0.0128. The van der Waals surface area contributed by atoms with E-state index in [1.54, 1.807) is 35.2 Å². The Bertz CT molecular complexity index is 1070. The van der Waals surface area contributed by atoms with Gasteiger partial charge in [0.2, 0.25) is 5.91 Å². The van der Waals surface area contributed by atoms with Crippen LogP contribution in [-0.4, -0.2) is 10.8 Å². The van der Waals surface area contributed by atoms with Gasteiger partial charge in [0, 0.05) is 13.0 Å². The van der Waals surface area contributed by atoms with Crippen molar-refractivity contribution in [3.05, 3.63) is 82.0 Å². The number of benzene rings is 2. The van der Waals surface area contributed by atoms with Crippen molar-refractivity contribution in [2.75, 3.05) is 0 Å². The second-order valence-corrected chi connectivity index (χ2v) is 8.15. The molecule has 1 heterocycles. The van der Waals surface area contributed by atoms with Gasteiger partial charge < -0.3 is 9.32 Å². The van der Waals surface area contributed by atoms with Gasteiger partial charge in [-0.25, -0.2) is 4.39 Å². The van der Waals surface area contributed by atoms with Crippen LogP contribution in [-0.2, 0) is 17.9 Å². The topological polar surface area (TPSA) is 50.5 Å². The first-order chi connectivity index (χ1) is 14.6. The Morgan fingerprint density at radius 3 is 2.53 bits per heavy atom. The van der Waals surface area contributed by atoms with Crippen molar-refractivity contribution in [3.8, 4) is 0 Å². The fraction of sp³-hybridized carbons (Fsp3) is 0.360. The van der Waals surface area contributed by atoms with Crippen LogP contribution < -0.4 is 5.43 Å². The summed E-state index contributed by atoms with van der Waals surface area (Å²) in [5.74, 6) is 0.319. The van der Waals surface area contributed by atoms with Gasteiger partial charge in [0.05, 0.1) is 23.8 Å². The van der Waals surface area contributed by atoms with E-state index in [1.165, 1.54) is 44.1 Å². The summed E-state index contributed by atoms with van der Waals surface area (Å²) in [6.45, 7) is 0.504. The van der Waals surface area contributed by atoms with Crippen LogP contribution in [0.2, 0.25) is 0 Å². The Labute approximate surface area is 175 Å². The molecular weight excluding hydrogens is 381 g/mol. The van der Waals surface area contributed by atoms with Crippen LogP contribution in [0, 0.1) is 11.7 Å². The minimum Gasteiger partial charge on any atom is -0.464 e. The SMILES string of the molecule is O=C(CCC1CCCC1)N(Cc1ccc(F)cc1)Cc1coc2ccccc2c1=O. The van der Waals surface area contributed by atoms with Crippen LogP contribution in [0.1, 0.15) is 49.7 Å². The zero-order chi connectivity index (χ0) is 20.9. The van der Waals surface area contributed by atoms with Crippen molar-refractivity contribution in [3.63, 3.8) is 0 Å². The van der Waals surface area contributed by atoms with Crippen LogP contribution in [0.3, 0.4) is 0 Å². The number of halogens is 1. The van der Waals surface area contributed by atoms with Crippen LogP contribution in [0.25, 0.3) is 11.0 Å². The predicted octanol–water partition coefficient (Wildman–Crippen LogP) is 5.43. The van der Waals surface area contributed by atoms with E-state index in [1.807, 2.05) is 6.07 Å². The quantitative estimate of drug-likeness (QED) is 0.525. The Morgan fingerprint density at radius 2 is 1.77 bits per heavy atom. The molecule has 1 amide bonds. The third-order valence-electron chi connectivity index (χ3n) is 5.99. The Morgan fingerprint density at radius 1 is 1.03 bits per heavy atom. The van der Waals surface area contributed by atoms with Crippen LogP contribution in [0.5, 0.6) is 0 Å². The molecule has 0 spiro atoms. The molecule has 4 rings (SSSR count). The first-order valence-electron chi connectivity index (χ1n) is 10.6. The fourth-order valence-corrected chi connectivity index (χ4v) is 4.26. The van der Waals surface area contributed by atoms with Crippen molar-refractivity contribution < 1.29 is 13.6 Å². The lowest BCUT2D eigenvalue weighted by molar-refractivity contribution is -0.132. The van der Waals surface area contributed by atoms with E-state index >= 15 is 0 Å². The second-order valence-electron chi connectivity index (χ2n) is 8.15. The van der Waals surface area contributed by atoms with Crippen molar-refractivity contribution >= 4 is 16.9 Å². The van der Waals surface area contributed by atoms with E-state index in [9.17, 15) is 14.0 Å². The standard InChI is InChI=1S/C25H26FNO3/c26-21-12-9-19(10-13-21)15-27(24(28)14-11-18-5-1-2-6-18)16-20-17-30-23-8-4-3-7-22(23)25(20)29/h3-4,7-10,12-13,17-18H,1-2,5-6,11,14-16H2. The van der Waals surface area contributed by atoms with Gasteiger partial charge in [-0.05, 0) is 42.2 Å². The van der Waals surface area contributed by atoms with Crippen molar-refractivity contribution in [2.24, 2.45) is 5.92 Å². The number of carbonyl (C=O) groups is 1. The molecule has 30 heavy (non-hydrogen) atoms. The average molecular weight is 407 g/mol. The zero-order valence-corrected chi connectivity index (χ0v) is 17.0. The minimum atomic E-state index is -0.312. The maximum absolute atomic E-state index is 13.3. The second kappa shape index (κ2) is 9.24. The maximum atomic E-state index is 13.3. The lowest BCUT2D eigenvalue weighted by Gasteiger charge is -2.23. The largest absolute Gasteiger partial charge is 0.464 e. The Balaban J connectivity index is 1.55. The van der Waals surface area contributed by atoms with Gasteiger partial charge in [-0.15, -0.1) is 0 Å². The number of nitrogens with zero attached hydrogens (tertiary/aromatic N) is 1. The molecule has 1 aromatic heterocycles. The summed E-state index contributed by atoms with van der Waals surface area (Å²) >= 11 is 0. The molecule has 0 atom stereocenters. The summed E-state index contributed by atoms with van der Waals surface area (Å²) in [6.07, 6.45) is 7.67. The molecule has 0 unspecified atom stereocenters. The highest BCUT2D eigenvalue weighted by atomic mass is 19.1. The van der Waals surface area contributed by atoms with Gasteiger partial charge in [-0.1, -0.05) is 49.9 Å². The highest BCUT2D eigenvalue weighted by Gasteiger charge is 2.21. The van der Waals surface area contributed by atoms with E-state index in [0.717, 1.165) is 12.0 Å². The summed E-state index contributed by atoms with van der Waals surface area (Å²) in [5.41, 5.74) is 1.69. The van der Waals surface area contributed by atoms with E-state index in [0.29, 0.717) is 35.4 Å². The molecule has 3 aromatic rings. The number of rotatable bonds is 7. The molecule has 1 aliphatic carbocycles. The van der Waals surface area contributed by atoms with Gasteiger partial charge in [-0.3, -0.25) is 9.59 Å². The van der Waals surface area contributed by atoms with Crippen molar-refractivity contribution in [1.82, 2.24) is 4.90 Å². The molecule has 1 aliphatic rings. The average Bonchev–Trinajstić information content (AvgIpc) is 3.29. The molecule has 0 radical (unpaired) electrons. The number of hydrogen-bond acceptors (Lipinski definition) is 3. The molecular formula is C25H26FNO3. The van der Waals surface area contributed by atoms with E-state index in [2.05, 4.69) is 0 Å². The third-order valence-corrected chi connectivity index (χ3v) is 5.99. The molecule has 1 fully saturated rings. The van der Waals surface area contributed by atoms with Gasteiger partial charge >= 0.3 is 0 Å². The molecule has 156 valence electrons. The molecule has 0 N–H and O–H groups in total. The smallest absolute Gasteiger partial charge is 0.223 e. The van der Waals surface area contributed by atoms with Crippen LogP contribution in [0.4, 0.5) is 4.39 Å². The lowest BCUT2D eigenvalue weighted by Crippen LogP contribution is -2.32. The maximum Gasteiger partial charge on any atom is 0.223 e.